The van der Waals surface area contributed by atoms with Crippen LogP contribution in [0.15, 0.2) is 0 Å². The molecule has 0 fully saturated rings. The summed E-state index contributed by atoms with van der Waals surface area (Å²) in [6.07, 6.45) is 6.31. The number of hydrogen-bond acceptors (Lipinski definition) is 5. The summed E-state index contributed by atoms with van der Waals surface area (Å²) in [6.45, 7) is 4.47. The molecule has 0 aliphatic heterocycles. The average Bonchev–Trinajstić information content (AvgIpc) is 2.40. The first-order valence-corrected chi connectivity index (χ1v) is 7.09. The molecule has 0 aromatic carbocycles. The van der Waals surface area contributed by atoms with Crippen LogP contribution in [0.2, 0.25) is 0 Å². The second kappa shape index (κ2) is 13.3. The van der Waals surface area contributed by atoms with Gasteiger partial charge in [-0.1, -0.05) is 39.5 Å². The van der Waals surface area contributed by atoms with Crippen LogP contribution in [-0.4, -0.2) is 38.4 Å². The number of carbonyl (C=O) groups excluding carboxylic acids is 2. The first-order valence-electron chi connectivity index (χ1n) is 7.09. The van der Waals surface area contributed by atoms with E-state index in [1.807, 2.05) is 6.92 Å². The van der Waals surface area contributed by atoms with E-state index in [2.05, 4.69) is 6.92 Å². The van der Waals surface area contributed by atoms with Crippen molar-refractivity contribution in [2.75, 3.05) is 26.4 Å². The van der Waals surface area contributed by atoms with E-state index < -0.39 is 11.9 Å². The maximum atomic E-state index is 11.2. The summed E-state index contributed by atoms with van der Waals surface area (Å²) in [5.41, 5.74) is 0. The lowest BCUT2D eigenvalue weighted by Crippen LogP contribution is -2.19. The molecule has 0 spiro atoms. The number of hydrogen-bond donors (Lipinski definition) is 0. The van der Waals surface area contributed by atoms with E-state index in [-0.39, 0.29) is 13.2 Å². The molecule has 0 radical (unpaired) electrons. The van der Waals surface area contributed by atoms with Gasteiger partial charge in [-0.2, -0.15) is 0 Å². The van der Waals surface area contributed by atoms with Crippen LogP contribution in [0, 0.1) is 0 Å². The maximum absolute atomic E-state index is 11.2. The second-order valence-corrected chi connectivity index (χ2v) is 4.35. The van der Waals surface area contributed by atoms with E-state index >= 15 is 0 Å². The third kappa shape index (κ3) is 13.1. The fraction of sp³-hybridized carbons (Fsp3) is 0.857. The van der Waals surface area contributed by atoms with Crippen molar-refractivity contribution >= 4 is 11.9 Å². The van der Waals surface area contributed by atoms with E-state index in [1.54, 1.807) is 0 Å². The molecule has 0 saturated heterocycles. The van der Waals surface area contributed by atoms with Crippen molar-refractivity contribution in [2.24, 2.45) is 0 Å². The molecule has 0 amide bonds. The topological polar surface area (TPSA) is 61.8 Å². The largest absolute Gasteiger partial charge is 0.464 e. The molecule has 0 aliphatic carbocycles. The summed E-state index contributed by atoms with van der Waals surface area (Å²) in [5, 5.41) is 0. The molecular formula is C14H26O5. The summed E-state index contributed by atoms with van der Waals surface area (Å²) < 4.78 is 14.7. The zero-order valence-corrected chi connectivity index (χ0v) is 12.1. The van der Waals surface area contributed by atoms with Crippen molar-refractivity contribution in [3.8, 4) is 0 Å². The maximum Gasteiger partial charge on any atom is 0.332 e. The molecule has 0 aromatic rings. The quantitative estimate of drug-likeness (QED) is 0.404. The van der Waals surface area contributed by atoms with Crippen LogP contribution in [-0.2, 0) is 23.8 Å². The summed E-state index contributed by atoms with van der Waals surface area (Å²) in [5.74, 6) is -0.881. The van der Waals surface area contributed by atoms with Crippen LogP contribution < -0.4 is 0 Å². The van der Waals surface area contributed by atoms with Crippen LogP contribution >= 0.6 is 0 Å². The van der Waals surface area contributed by atoms with Gasteiger partial charge in [-0.3, -0.25) is 0 Å². The van der Waals surface area contributed by atoms with Crippen LogP contribution in [0.3, 0.4) is 0 Å². The van der Waals surface area contributed by atoms with Crippen molar-refractivity contribution in [1.29, 1.82) is 0 Å². The Morgan fingerprint density at radius 1 is 0.737 bits per heavy atom. The smallest absolute Gasteiger partial charge is 0.332 e. The molecule has 0 atom stereocenters. The molecule has 0 saturated carbocycles. The third-order valence-electron chi connectivity index (χ3n) is 2.42. The highest BCUT2D eigenvalue weighted by atomic mass is 16.6. The van der Waals surface area contributed by atoms with Crippen molar-refractivity contribution < 1.29 is 23.8 Å². The molecule has 5 heteroatoms. The van der Waals surface area contributed by atoms with Gasteiger partial charge in [-0.25, -0.2) is 9.59 Å². The van der Waals surface area contributed by atoms with E-state index in [1.165, 1.54) is 19.3 Å². The molecule has 0 heterocycles. The van der Waals surface area contributed by atoms with Gasteiger partial charge in [0.1, 0.15) is 13.2 Å². The molecular weight excluding hydrogens is 248 g/mol. The lowest BCUT2D eigenvalue weighted by atomic mass is 10.2. The van der Waals surface area contributed by atoms with Gasteiger partial charge in [0.15, 0.2) is 0 Å². The lowest BCUT2D eigenvalue weighted by Gasteiger charge is -2.06. The first kappa shape index (κ1) is 17.9. The van der Waals surface area contributed by atoms with Crippen molar-refractivity contribution in [2.45, 2.75) is 52.4 Å². The fourth-order valence-electron chi connectivity index (χ4n) is 1.41. The molecule has 0 N–H and O–H groups in total. The minimum absolute atomic E-state index is 0.198. The Morgan fingerprint density at radius 3 is 1.89 bits per heavy atom. The van der Waals surface area contributed by atoms with Crippen LogP contribution in [0.5, 0.6) is 0 Å². The Morgan fingerprint density at radius 2 is 1.32 bits per heavy atom. The number of esters is 2. The molecule has 5 nitrogen and oxygen atoms in total. The highest BCUT2D eigenvalue weighted by Crippen LogP contribution is 2.02. The zero-order valence-electron chi connectivity index (χ0n) is 12.1. The lowest BCUT2D eigenvalue weighted by molar-refractivity contribution is -0.155. The summed E-state index contributed by atoms with van der Waals surface area (Å²) >= 11 is 0. The number of rotatable bonds is 12. The molecule has 19 heavy (non-hydrogen) atoms. The molecule has 0 aromatic heterocycles. The van der Waals surface area contributed by atoms with Gasteiger partial charge in [0.2, 0.25) is 0 Å². The Hall–Kier alpha value is -1.10. The minimum Gasteiger partial charge on any atom is -0.464 e. The highest BCUT2D eigenvalue weighted by molar-refractivity contribution is 5.73. The Labute approximate surface area is 115 Å². The molecule has 0 bridgehead atoms. The monoisotopic (exact) mass is 274 g/mol. The molecule has 112 valence electrons. The van der Waals surface area contributed by atoms with Crippen LogP contribution in [0.1, 0.15) is 52.4 Å². The third-order valence-corrected chi connectivity index (χ3v) is 2.42. The van der Waals surface area contributed by atoms with Gasteiger partial charge in [-0.15, -0.1) is 0 Å². The van der Waals surface area contributed by atoms with Crippen molar-refractivity contribution in [3.05, 3.63) is 0 Å². The Balaban J connectivity index is 3.32. The SMILES string of the molecule is CCCCCCCOC(=O)COCC(=O)OCCC. The Bertz CT molecular complexity index is 240. The van der Waals surface area contributed by atoms with E-state index in [4.69, 9.17) is 14.2 Å². The van der Waals surface area contributed by atoms with E-state index in [9.17, 15) is 9.59 Å². The fourth-order valence-corrected chi connectivity index (χ4v) is 1.41. The first-order chi connectivity index (χ1) is 9.20. The van der Waals surface area contributed by atoms with Crippen molar-refractivity contribution in [1.82, 2.24) is 0 Å². The van der Waals surface area contributed by atoms with Gasteiger partial charge in [0.05, 0.1) is 13.2 Å². The number of ether oxygens (including phenoxy) is 3. The van der Waals surface area contributed by atoms with Crippen molar-refractivity contribution in [3.63, 3.8) is 0 Å². The molecule has 0 unspecified atom stereocenters. The van der Waals surface area contributed by atoms with Crippen LogP contribution in [0.4, 0.5) is 0 Å². The predicted octanol–water partition coefficient (Wildman–Crippen LogP) is 2.47. The normalized spacial score (nSPS) is 10.2. The summed E-state index contributed by atoms with van der Waals surface area (Å²) in [7, 11) is 0. The highest BCUT2D eigenvalue weighted by Gasteiger charge is 2.06. The molecule has 0 rings (SSSR count). The second-order valence-electron chi connectivity index (χ2n) is 4.35. The van der Waals surface area contributed by atoms with Gasteiger partial charge in [-0.05, 0) is 12.8 Å². The van der Waals surface area contributed by atoms with Gasteiger partial charge < -0.3 is 14.2 Å². The van der Waals surface area contributed by atoms with E-state index in [0.717, 1.165) is 19.3 Å². The zero-order chi connectivity index (χ0) is 14.3. The summed E-state index contributed by atoms with van der Waals surface area (Å²) in [4.78, 5) is 22.3. The minimum atomic E-state index is -0.450. The predicted molar refractivity (Wildman–Crippen MR) is 71.8 cm³/mol. The number of unbranched alkanes of at least 4 members (excludes halogenated alkanes) is 4. The van der Waals surface area contributed by atoms with Gasteiger partial charge >= 0.3 is 11.9 Å². The van der Waals surface area contributed by atoms with E-state index in [0.29, 0.717) is 13.2 Å². The van der Waals surface area contributed by atoms with Gasteiger partial charge in [0.25, 0.3) is 0 Å². The Kier molecular flexibility index (Phi) is 12.6. The van der Waals surface area contributed by atoms with Gasteiger partial charge in [0, 0.05) is 0 Å². The summed E-state index contributed by atoms with van der Waals surface area (Å²) in [6, 6.07) is 0. The van der Waals surface area contributed by atoms with Crippen LogP contribution in [0.25, 0.3) is 0 Å². The number of carbonyl (C=O) groups is 2. The average molecular weight is 274 g/mol. The molecule has 0 aliphatic rings. The standard InChI is InChI=1S/C14H26O5/c1-3-5-6-7-8-10-19-14(16)12-17-11-13(15)18-9-4-2/h3-12H2,1-2H3.